The van der Waals surface area contributed by atoms with E-state index in [1.807, 2.05) is 0 Å². The predicted octanol–water partition coefficient (Wildman–Crippen LogP) is 3.97. The highest BCUT2D eigenvalue weighted by Gasteiger charge is 2.71. The third kappa shape index (κ3) is 4.84. The van der Waals surface area contributed by atoms with Gasteiger partial charge >= 0.3 is 18.4 Å². The average molecular weight is 585 g/mol. The average Bonchev–Trinajstić information content (AvgIpc) is 3.35. The normalized spacial score (nSPS) is 21.3. The lowest BCUT2D eigenvalue weighted by atomic mass is 9.89. The third-order valence-electron chi connectivity index (χ3n) is 7.07. The summed E-state index contributed by atoms with van der Waals surface area (Å²) in [6, 6.07) is 5.51. The molecule has 1 atom stereocenters. The molecule has 7 nitrogen and oxygen atoms in total. The fourth-order valence-corrected chi connectivity index (χ4v) is 6.93. The molecule has 2 heterocycles. The van der Waals surface area contributed by atoms with Gasteiger partial charge in [0.25, 0.3) is 5.60 Å². The number of morpholine rings is 1. The molecule has 4 rings (SSSR count). The van der Waals surface area contributed by atoms with Crippen molar-refractivity contribution in [2.75, 3.05) is 39.4 Å². The van der Waals surface area contributed by atoms with Crippen LogP contribution in [0.5, 0.6) is 0 Å². The van der Waals surface area contributed by atoms with Crippen molar-refractivity contribution >= 4 is 15.9 Å². The quantitative estimate of drug-likeness (QED) is 0.435. The summed E-state index contributed by atoms with van der Waals surface area (Å²) in [5, 5.41) is 9.73. The molecule has 0 spiro atoms. The highest BCUT2D eigenvalue weighted by atomic mass is 32.2. The maximum atomic E-state index is 13.9. The van der Waals surface area contributed by atoms with Crippen molar-refractivity contribution in [1.82, 2.24) is 9.80 Å². The molecule has 2 aliphatic heterocycles. The smallest absolute Gasteiger partial charge is 0.378 e. The van der Waals surface area contributed by atoms with Gasteiger partial charge in [-0.05, 0) is 36.2 Å². The van der Waals surface area contributed by atoms with Crippen LogP contribution < -0.4 is 0 Å². The minimum absolute atomic E-state index is 0.0899. The number of alkyl halides is 6. The van der Waals surface area contributed by atoms with E-state index in [0.29, 0.717) is 12.1 Å². The minimum Gasteiger partial charge on any atom is -0.378 e. The third-order valence-corrected chi connectivity index (χ3v) is 9.56. The van der Waals surface area contributed by atoms with Crippen LogP contribution in [0, 0.1) is 5.82 Å². The maximum Gasteiger partial charge on any atom is 0.430 e. The van der Waals surface area contributed by atoms with Crippen LogP contribution >= 0.6 is 0 Å². The number of halogens is 7. The van der Waals surface area contributed by atoms with Gasteiger partial charge in [-0.2, -0.15) is 26.3 Å². The van der Waals surface area contributed by atoms with Crippen LogP contribution in [0.2, 0.25) is 0 Å². The number of nitrogens with zero attached hydrogens (tertiary/aromatic N) is 2. The zero-order valence-corrected chi connectivity index (χ0v) is 20.9. The van der Waals surface area contributed by atoms with Gasteiger partial charge in [-0.15, -0.1) is 0 Å². The van der Waals surface area contributed by atoms with Crippen LogP contribution in [-0.4, -0.2) is 81.1 Å². The molecule has 39 heavy (non-hydrogen) atoms. The number of sulfone groups is 1. The second-order valence-electron chi connectivity index (χ2n) is 9.29. The Morgan fingerprint density at radius 2 is 1.38 bits per heavy atom. The Bertz CT molecular complexity index is 1290. The number of amides is 2. The summed E-state index contributed by atoms with van der Waals surface area (Å²) in [6.45, 7) is 0.464. The second kappa shape index (κ2) is 9.93. The van der Waals surface area contributed by atoms with E-state index in [0.717, 1.165) is 36.4 Å². The molecule has 1 N–H and O–H groups in total. The molecule has 0 radical (unpaired) electrons. The zero-order valence-electron chi connectivity index (χ0n) is 20.1. The van der Waals surface area contributed by atoms with Crippen molar-refractivity contribution < 1.29 is 53.8 Å². The summed E-state index contributed by atoms with van der Waals surface area (Å²) in [4.78, 5) is 15.4. The molecular weight excluding hydrogens is 561 g/mol. The van der Waals surface area contributed by atoms with E-state index in [2.05, 4.69) is 0 Å². The van der Waals surface area contributed by atoms with Crippen LogP contribution in [-0.2, 0) is 24.9 Å². The number of likely N-dealkylation sites (tertiary alicyclic amines) is 1. The van der Waals surface area contributed by atoms with E-state index in [4.69, 9.17) is 4.74 Å². The summed E-state index contributed by atoms with van der Waals surface area (Å²) in [5.41, 5.74) is -6.95. The van der Waals surface area contributed by atoms with E-state index in [1.165, 1.54) is 9.80 Å². The van der Waals surface area contributed by atoms with Gasteiger partial charge in [0.2, 0.25) is 0 Å². The highest BCUT2D eigenvalue weighted by Crippen LogP contribution is 2.51. The minimum atomic E-state index is -6.13. The van der Waals surface area contributed by atoms with E-state index in [9.17, 15) is 49.1 Å². The van der Waals surface area contributed by atoms with Crippen molar-refractivity contribution in [2.45, 2.75) is 34.0 Å². The number of ether oxygens (including phenoxy) is 1. The largest absolute Gasteiger partial charge is 0.430 e. The summed E-state index contributed by atoms with van der Waals surface area (Å²) >= 11 is 0. The van der Waals surface area contributed by atoms with Gasteiger partial charge in [-0.1, -0.05) is 24.3 Å². The molecule has 2 saturated heterocycles. The van der Waals surface area contributed by atoms with Crippen molar-refractivity contribution in [3.63, 3.8) is 0 Å². The number of carbonyl (C=O) groups excluding carboxylic acids is 1. The number of hydrogen-bond donors (Lipinski definition) is 1. The molecule has 15 heteroatoms. The first-order valence-electron chi connectivity index (χ1n) is 11.6. The first kappa shape index (κ1) is 29.1. The second-order valence-corrected chi connectivity index (χ2v) is 11.5. The van der Waals surface area contributed by atoms with Crippen LogP contribution in [0.25, 0.3) is 0 Å². The zero-order chi connectivity index (χ0) is 28.9. The molecule has 2 fully saturated rings. The predicted molar refractivity (Wildman–Crippen MR) is 122 cm³/mol. The summed E-state index contributed by atoms with van der Waals surface area (Å²) in [5.74, 6) is -0.735. The van der Waals surface area contributed by atoms with Crippen LogP contribution in [0.1, 0.15) is 17.5 Å². The summed E-state index contributed by atoms with van der Waals surface area (Å²) < 4.78 is 125. The monoisotopic (exact) mass is 584 g/mol. The number of benzene rings is 2. The lowest BCUT2D eigenvalue weighted by molar-refractivity contribution is -0.376. The van der Waals surface area contributed by atoms with Gasteiger partial charge in [-0.25, -0.2) is 17.6 Å². The number of rotatable bonds is 4. The van der Waals surface area contributed by atoms with E-state index < -0.39 is 56.5 Å². The van der Waals surface area contributed by atoms with Gasteiger partial charge in [0, 0.05) is 31.7 Å². The molecule has 0 aromatic heterocycles. The Morgan fingerprint density at radius 1 is 0.846 bits per heavy atom. The maximum absolute atomic E-state index is 13.9. The molecule has 2 aromatic carbocycles. The number of hydrogen-bond acceptors (Lipinski definition) is 5. The molecule has 2 amide bonds. The molecule has 0 saturated carbocycles. The molecule has 214 valence electrons. The van der Waals surface area contributed by atoms with Gasteiger partial charge in [-0.3, -0.25) is 0 Å². The van der Waals surface area contributed by atoms with Gasteiger partial charge < -0.3 is 19.6 Å². The number of urea groups is 1. The standard InChI is InChI=1S/C24H23F7N2O5S/c25-18-5-7-19(8-6-18)39(36,37)21(9-10-33(15-21)20(34)32-11-13-38-14-12-32)16-1-3-17(4-2-16)22(35,23(26,27)28)24(29,30)31/h1-8,35H,9-15H2/t21-/m0/s1. The van der Waals surface area contributed by atoms with E-state index >= 15 is 0 Å². The first-order chi connectivity index (χ1) is 18.0. The fraction of sp³-hybridized carbons (Fsp3) is 0.458. The van der Waals surface area contributed by atoms with E-state index in [-0.39, 0.29) is 49.7 Å². The number of aliphatic hydroxyl groups is 1. The summed E-state index contributed by atoms with van der Waals surface area (Å²) in [6.07, 6.45) is -12.5. The van der Waals surface area contributed by atoms with Crippen LogP contribution in [0.4, 0.5) is 35.5 Å². The highest BCUT2D eigenvalue weighted by molar-refractivity contribution is 7.92. The Morgan fingerprint density at radius 3 is 1.90 bits per heavy atom. The van der Waals surface area contributed by atoms with Gasteiger partial charge in [0.15, 0.2) is 9.84 Å². The molecule has 0 unspecified atom stereocenters. The molecule has 0 bridgehead atoms. The Labute approximate surface area is 218 Å². The number of carbonyl (C=O) groups is 1. The van der Waals surface area contributed by atoms with Crippen molar-refractivity contribution in [1.29, 1.82) is 0 Å². The van der Waals surface area contributed by atoms with Crippen molar-refractivity contribution in [3.05, 3.63) is 65.5 Å². The Hall–Kier alpha value is -2.91. The van der Waals surface area contributed by atoms with Crippen molar-refractivity contribution in [3.8, 4) is 0 Å². The SMILES string of the molecule is O=C(N1CCOCC1)N1CC[C@](c2ccc(C(O)(C(F)(F)F)C(F)(F)F)cc2)(S(=O)(=O)c2ccc(F)cc2)C1. The first-order valence-corrected chi connectivity index (χ1v) is 13.1. The molecule has 0 aliphatic carbocycles. The fourth-order valence-electron chi connectivity index (χ4n) is 4.85. The topological polar surface area (TPSA) is 87.2 Å². The van der Waals surface area contributed by atoms with E-state index in [1.54, 1.807) is 0 Å². The van der Waals surface area contributed by atoms with Crippen molar-refractivity contribution in [2.24, 2.45) is 0 Å². The lowest BCUT2D eigenvalue weighted by Crippen LogP contribution is -2.54. The lowest BCUT2D eigenvalue weighted by Gasteiger charge is -2.34. The van der Waals surface area contributed by atoms with Crippen LogP contribution in [0.15, 0.2) is 53.4 Å². The Kier molecular flexibility index (Phi) is 7.40. The van der Waals surface area contributed by atoms with Gasteiger partial charge in [0.1, 0.15) is 10.6 Å². The van der Waals surface area contributed by atoms with Gasteiger partial charge in [0.05, 0.1) is 18.1 Å². The molecular formula is C24H23F7N2O5S. The Balaban J connectivity index is 1.80. The summed E-state index contributed by atoms with van der Waals surface area (Å²) in [7, 11) is -4.48. The molecule has 2 aromatic rings. The molecule has 2 aliphatic rings. The van der Waals surface area contributed by atoms with Crippen LogP contribution in [0.3, 0.4) is 0 Å².